The Labute approximate surface area is 178 Å². The largest absolute Gasteiger partial charge is 0.379 e. The minimum Gasteiger partial charge on any atom is -0.379 e. The van der Waals surface area contributed by atoms with E-state index in [0.717, 1.165) is 12.1 Å². The first-order valence-corrected chi connectivity index (χ1v) is 11.7. The third-order valence-electron chi connectivity index (χ3n) is 5.27. The maximum absolute atomic E-state index is 12.8. The highest BCUT2D eigenvalue weighted by Crippen LogP contribution is 2.22. The fraction of sp³-hybridized carbons (Fsp3) is 0.409. The number of morpholine rings is 1. The summed E-state index contributed by atoms with van der Waals surface area (Å²) in [6.45, 7) is 5.84. The molecule has 2 aromatic carbocycles. The third kappa shape index (κ3) is 5.59. The number of carbonyl (C=O) groups is 1. The summed E-state index contributed by atoms with van der Waals surface area (Å²) in [6, 6.07) is 14.4. The highest BCUT2D eigenvalue weighted by Gasteiger charge is 2.26. The summed E-state index contributed by atoms with van der Waals surface area (Å²) < 4.78 is 32.2. The molecule has 1 heterocycles. The molecule has 0 aromatic heterocycles. The number of amides is 1. The molecule has 1 atom stereocenters. The molecule has 0 saturated carbocycles. The van der Waals surface area contributed by atoms with Crippen molar-refractivity contribution in [3.05, 3.63) is 54.1 Å². The Balaban J connectivity index is 1.58. The Morgan fingerprint density at radius 3 is 2.47 bits per heavy atom. The Kier molecular flexibility index (Phi) is 7.47. The van der Waals surface area contributed by atoms with E-state index in [4.69, 9.17) is 4.74 Å². The molecule has 0 bridgehead atoms. The molecule has 2 N–H and O–H groups in total. The lowest BCUT2D eigenvalue weighted by atomic mass is 9.99. The van der Waals surface area contributed by atoms with E-state index in [1.54, 1.807) is 24.3 Å². The van der Waals surface area contributed by atoms with Gasteiger partial charge in [-0.1, -0.05) is 32.0 Å². The molecule has 2 aromatic rings. The van der Waals surface area contributed by atoms with Crippen molar-refractivity contribution in [1.82, 2.24) is 4.31 Å². The van der Waals surface area contributed by atoms with E-state index >= 15 is 0 Å². The molecule has 0 unspecified atom stereocenters. The van der Waals surface area contributed by atoms with Gasteiger partial charge in [-0.2, -0.15) is 4.31 Å². The van der Waals surface area contributed by atoms with E-state index in [0.29, 0.717) is 37.9 Å². The quantitative estimate of drug-likeness (QED) is 0.670. The molecule has 1 aliphatic heterocycles. The Bertz CT molecular complexity index is 955. The number of anilines is 2. The molecule has 1 saturated heterocycles. The van der Waals surface area contributed by atoms with Crippen LogP contribution in [-0.4, -0.2) is 51.5 Å². The van der Waals surface area contributed by atoms with Crippen molar-refractivity contribution in [3.63, 3.8) is 0 Å². The summed E-state index contributed by atoms with van der Waals surface area (Å²) >= 11 is 0. The van der Waals surface area contributed by atoms with Crippen LogP contribution in [0.1, 0.15) is 31.7 Å². The lowest BCUT2D eigenvalue weighted by molar-refractivity contribution is -0.114. The number of hydrogen-bond acceptors (Lipinski definition) is 5. The maximum Gasteiger partial charge on any atom is 0.243 e. The van der Waals surface area contributed by atoms with Crippen LogP contribution in [0.25, 0.3) is 0 Å². The van der Waals surface area contributed by atoms with E-state index in [9.17, 15) is 13.2 Å². The molecule has 3 rings (SSSR count). The molecule has 1 fully saturated rings. The van der Waals surface area contributed by atoms with Crippen LogP contribution in [0.2, 0.25) is 0 Å². The third-order valence-corrected chi connectivity index (χ3v) is 7.17. The average Bonchev–Trinajstić information content (AvgIpc) is 2.78. The predicted octanol–water partition coefficient (Wildman–Crippen LogP) is 3.27. The van der Waals surface area contributed by atoms with Gasteiger partial charge in [0.15, 0.2) is 0 Å². The number of hydrogen-bond donors (Lipinski definition) is 2. The molecule has 1 aliphatic rings. The van der Waals surface area contributed by atoms with Gasteiger partial charge in [0.1, 0.15) is 0 Å². The van der Waals surface area contributed by atoms with Crippen molar-refractivity contribution < 1.29 is 17.9 Å². The topological polar surface area (TPSA) is 87.7 Å². The monoisotopic (exact) mass is 431 g/mol. The average molecular weight is 432 g/mol. The van der Waals surface area contributed by atoms with Crippen LogP contribution in [-0.2, 0) is 19.6 Å². The number of nitrogens with zero attached hydrogens (tertiary/aromatic N) is 1. The predicted molar refractivity (Wildman–Crippen MR) is 118 cm³/mol. The van der Waals surface area contributed by atoms with Gasteiger partial charge in [0.2, 0.25) is 15.9 Å². The maximum atomic E-state index is 12.8. The zero-order valence-electron chi connectivity index (χ0n) is 17.4. The molecule has 7 nitrogen and oxygen atoms in total. The molecule has 0 spiro atoms. The first kappa shape index (κ1) is 22.3. The standard InChI is InChI=1S/C22H29N3O4S/c1-3-17(2)18-7-9-19(10-8-18)24-22(26)16-23-20-5-4-6-21(15-20)30(27,28)25-11-13-29-14-12-25/h4-10,15,17,23H,3,11-14,16H2,1-2H3,(H,24,26)/t17-/m0/s1. The Morgan fingerprint density at radius 2 is 1.80 bits per heavy atom. The molecule has 1 amide bonds. The van der Waals surface area contributed by atoms with Crippen LogP contribution < -0.4 is 10.6 Å². The first-order valence-electron chi connectivity index (χ1n) is 10.2. The Hall–Kier alpha value is -2.42. The van der Waals surface area contributed by atoms with Crippen molar-refractivity contribution in [2.24, 2.45) is 0 Å². The minimum atomic E-state index is -3.57. The smallest absolute Gasteiger partial charge is 0.243 e. The van der Waals surface area contributed by atoms with Gasteiger partial charge in [-0.15, -0.1) is 0 Å². The number of benzene rings is 2. The summed E-state index contributed by atoms with van der Waals surface area (Å²) in [5.41, 5.74) is 2.55. The van der Waals surface area contributed by atoms with Crippen LogP contribution in [0.4, 0.5) is 11.4 Å². The van der Waals surface area contributed by atoms with Gasteiger partial charge < -0.3 is 15.4 Å². The molecule has 30 heavy (non-hydrogen) atoms. The van der Waals surface area contributed by atoms with Gasteiger partial charge >= 0.3 is 0 Å². The fourth-order valence-corrected chi connectivity index (χ4v) is 4.68. The highest BCUT2D eigenvalue weighted by atomic mass is 32.2. The van der Waals surface area contributed by atoms with Gasteiger partial charge in [0.25, 0.3) is 0 Å². The van der Waals surface area contributed by atoms with E-state index in [-0.39, 0.29) is 17.3 Å². The molecule has 0 radical (unpaired) electrons. The van der Waals surface area contributed by atoms with Gasteiger partial charge in [0, 0.05) is 24.5 Å². The zero-order chi connectivity index (χ0) is 21.6. The van der Waals surface area contributed by atoms with Crippen LogP contribution in [0.3, 0.4) is 0 Å². The zero-order valence-corrected chi connectivity index (χ0v) is 18.2. The second-order valence-electron chi connectivity index (χ2n) is 7.38. The van der Waals surface area contributed by atoms with Crippen molar-refractivity contribution in [2.45, 2.75) is 31.1 Å². The lowest BCUT2D eigenvalue weighted by Gasteiger charge is -2.26. The van der Waals surface area contributed by atoms with Crippen molar-refractivity contribution in [1.29, 1.82) is 0 Å². The van der Waals surface area contributed by atoms with Gasteiger partial charge in [0.05, 0.1) is 24.7 Å². The minimum absolute atomic E-state index is 0.0359. The Morgan fingerprint density at radius 1 is 1.10 bits per heavy atom. The highest BCUT2D eigenvalue weighted by molar-refractivity contribution is 7.89. The van der Waals surface area contributed by atoms with Gasteiger partial charge in [-0.25, -0.2) is 8.42 Å². The number of ether oxygens (including phenoxy) is 1. The van der Waals surface area contributed by atoms with Gasteiger partial charge in [-0.05, 0) is 48.2 Å². The number of rotatable bonds is 8. The molecular formula is C22H29N3O4S. The van der Waals surface area contributed by atoms with Crippen molar-refractivity contribution in [2.75, 3.05) is 43.5 Å². The van der Waals surface area contributed by atoms with E-state index in [1.165, 1.54) is 9.87 Å². The first-order chi connectivity index (χ1) is 14.4. The van der Waals surface area contributed by atoms with Crippen LogP contribution in [0.5, 0.6) is 0 Å². The molecular weight excluding hydrogens is 402 g/mol. The summed E-state index contributed by atoms with van der Waals surface area (Å²) in [5.74, 6) is 0.283. The van der Waals surface area contributed by atoms with E-state index in [2.05, 4.69) is 24.5 Å². The number of nitrogens with one attached hydrogen (secondary N) is 2. The van der Waals surface area contributed by atoms with Crippen LogP contribution >= 0.6 is 0 Å². The SMILES string of the molecule is CC[C@H](C)c1ccc(NC(=O)CNc2cccc(S(=O)(=O)N3CCOCC3)c2)cc1. The van der Waals surface area contributed by atoms with E-state index < -0.39 is 10.0 Å². The summed E-state index contributed by atoms with van der Waals surface area (Å²) in [6.07, 6.45) is 1.07. The molecule has 162 valence electrons. The number of carbonyl (C=O) groups excluding carboxylic acids is 1. The second-order valence-corrected chi connectivity index (χ2v) is 9.32. The van der Waals surface area contributed by atoms with Crippen molar-refractivity contribution in [3.8, 4) is 0 Å². The fourth-order valence-electron chi connectivity index (χ4n) is 3.22. The summed E-state index contributed by atoms with van der Waals surface area (Å²) in [4.78, 5) is 12.5. The summed E-state index contributed by atoms with van der Waals surface area (Å²) in [5, 5.41) is 5.85. The van der Waals surface area contributed by atoms with Crippen LogP contribution in [0.15, 0.2) is 53.4 Å². The summed E-state index contributed by atoms with van der Waals surface area (Å²) in [7, 11) is -3.57. The van der Waals surface area contributed by atoms with E-state index in [1.807, 2.05) is 24.3 Å². The second kappa shape index (κ2) is 10.1. The normalized spacial score (nSPS) is 16.1. The van der Waals surface area contributed by atoms with Crippen molar-refractivity contribution >= 4 is 27.3 Å². The van der Waals surface area contributed by atoms with Gasteiger partial charge in [-0.3, -0.25) is 4.79 Å². The number of sulfonamides is 1. The molecule has 0 aliphatic carbocycles. The van der Waals surface area contributed by atoms with Crippen LogP contribution in [0, 0.1) is 0 Å². The lowest BCUT2D eigenvalue weighted by Crippen LogP contribution is -2.40. The molecule has 8 heteroatoms.